The largest absolute Gasteiger partial charge is 0.494 e. The van der Waals surface area contributed by atoms with Crippen molar-refractivity contribution in [1.29, 1.82) is 0 Å². The maximum absolute atomic E-state index is 13.2. The van der Waals surface area contributed by atoms with E-state index >= 15 is 0 Å². The number of amides is 2. The molecule has 10 heteroatoms. The van der Waals surface area contributed by atoms with Gasteiger partial charge in [-0.3, -0.25) is 9.59 Å². The van der Waals surface area contributed by atoms with Crippen LogP contribution in [0.2, 0.25) is 0 Å². The molecule has 1 spiro atoms. The van der Waals surface area contributed by atoms with Gasteiger partial charge in [-0.2, -0.15) is 5.10 Å². The average molecular weight is 460 g/mol. The number of fused-ring (bicyclic) bond motifs is 2. The molecule has 0 atom stereocenters. The van der Waals surface area contributed by atoms with E-state index in [1.807, 2.05) is 24.3 Å². The van der Waals surface area contributed by atoms with Gasteiger partial charge < -0.3 is 31.3 Å². The SMILES string of the molecule is COc1cccc2ccc(C(=O)N3CCC4(CC3)NC(=O)c3cc(C(N)=NN)ccc3O4)nc12. The summed E-state index contributed by atoms with van der Waals surface area (Å²) in [5, 5.41) is 7.33. The number of nitrogens with zero attached hydrogens (tertiary/aromatic N) is 3. The van der Waals surface area contributed by atoms with E-state index in [1.165, 1.54) is 0 Å². The van der Waals surface area contributed by atoms with Crippen LogP contribution in [-0.2, 0) is 0 Å². The molecule has 34 heavy (non-hydrogen) atoms. The average Bonchev–Trinajstić information content (AvgIpc) is 2.87. The third-order valence-corrected chi connectivity index (χ3v) is 6.29. The van der Waals surface area contributed by atoms with Crippen LogP contribution in [0.15, 0.2) is 53.6 Å². The molecule has 1 fully saturated rings. The molecule has 0 aliphatic carbocycles. The van der Waals surface area contributed by atoms with Crippen LogP contribution in [0.5, 0.6) is 11.5 Å². The molecule has 1 aromatic heterocycles. The number of piperidine rings is 1. The lowest BCUT2D eigenvalue weighted by molar-refractivity contribution is -0.0246. The number of rotatable bonds is 3. The van der Waals surface area contributed by atoms with Gasteiger partial charge in [0.05, 0.1) is 12.7 Å². The number of hydrogen-bond acceptors (Lipinski definition) is 7. The minimum atomic E-state index is -0.879. The third kappa shape index (κ3) is 3.62. The smallest absolute Gasteiger partial charge is 0.272 e. The standard InChI is InChI=1S/C24H24N6O4/c1-33-19-4-2-3-14-5-7-17(27-20(14)19)23(32)30-11-9-24(10-12-30)28-22(31)16-13-15(21(25)29-26)6-8-18(16)34-24/h2-8,13H,9-12,26H2,1H3,(H2,25,29)(H,28,31). The minimum Gasteiger partial charge on any atom is -0.494 e. The summed E-state index contributed by atoms with van der Waals surface area (Å²) >= 11 is 0. The second-order valence-electron chi connectivity index (χ2n) is 8.30. The molecule has 0 radical (unpaired) electrons. The number of nitrogens with two attached hydrogens (primary N) is 2. The van der Waals surface area contributed by atoms with Gasteiger partial charge in [-0.25, -0.2) is 4.98 Å². The van der Waals surface area contributed by atoms with Crippen LogP contribution in [0.3, 0.4) is 0 Å². The zero-order valence-electron chi connectivity index (χ0n) is 18.6. The van der Waals surface area contributed by atoms with Crippen molar-refractivity contribution < 1.29 is 19.1 Å². The number of hydrazone groups is 1. The first-order valence-electron chi connectivity index (χ1n) is 10.9. The Bertz CT molecular complexity index is 1330. The van der Waals surface area contributed by atoms with Gasteiger partial charge in [-0.1, -0.05) is 18.2 Å². The summed E-state index contributed by atoms with van der Waals surface area (Å²) in [5.74, 6) is 6.00. The molecule has 10 nitrogen and oxygen atoms in total. The van der Waals surface area contributed by atoms with E-state index in [1.54, 1.807) is 36.3 Å². The normalized spacial score (nSPS) is 17.1. The molecule has 1 saturated heterocycles. The van der Waals surface area contributed by atoms with Crippen molar-refractivity contribution in [2.45, 2.75) is 18.6 Å². The van der Waals surface area contributed by atoms with Crippen LogP contribution in [0.1, 0.15) is 39.3 Å². The number of nitrogens with one attached hydrogen (secondary N) is 1. The Morgan fingerprint density at radius 1 is 1.21 bits per heavy atom. The monoisotopic (exact) mass is 460 g/mol. The zero-order valence-corrected chi connectivity index (χ0v) is 18.6. The van der Waals surface area contributed by atoms with Crippen molar-refractivity contribution >= 4 is 28.6 Å². The Morgan fingerprint density at radius 3 is 2.74 bits per heavy atom. The summed E-state index contributed by atoms with van der Waals surface area (Å²) in [6.07, 6.45) is 0.879. The maximum Gasteiger partial charge on any atom is 0.272 e. The van der Waals surface area contributed by atoms with E-state index in [2.05, 4.69) is 15.4 Å². The van der Waals surface area contributed by atoms with Crippen LogP contribution in [0, 0.1) is 0 Å². The molecule has 2 aromatic carbocycles. The predicted molar refractivity (Wildman–Crippen MR) is 126 cm³/mol. The number of likely N-dealkylation sites (tertiary alicyclic amines) is 1. The molecule has 174 valence electrons. The lowest BCUT2D eigenvalue weighted by Gasteiger charge is -2.44. The van der Waals surface area contributed by atoms with E-state index in [-0.39, 0.29) is 17.6 Å². The van der Waals surface area contributed by atoms with Gasteiger partial charge in [0, 0.05) is 36.9 Å². The topological polar surface area (TPSA) is 145 Å². The number of carbonyl (C=O) groups excluding carboxylic acids is 2. The Balaban J connectivity index is 1.32. The number of carbonyl (C=O) groups is 2. The lowest BCUT2D eigenvalue weighted by Crippen LogP contribution is -2.61. The molecular formula is C24H24N6O4. The van der Waals surface area contributed by atoms with Crippen LogP contribution in [-0.4, -0.2) is 53.5 Å². The number of pyridine rings is 1. The Morgan fingerprint density at radius 2 is 2.00 bits per heavy atom. The second-order valence-corrected chi connectivity index (χ2v) is 8.30. The lowest BCUT2D eigenvalue weighted by atomic mass is 9.96. The van der Waals surface area contributed by atoms with Crippen molar-refractivity contribution in [3.63, 3.8) is 0 Å². The van der Waals surface area contributed by atoms with E-state index in [4.69, 9.17) is 21.1 Å². The fourth-order valence-electron chi connectivity index (χ4n) is 4.40. The highest BCUT2D eigenvalue weighted by molar-refractivity contribution is 6.03. The summed E-state index contributed by atoms with van der Waals surface area (Å²) in [4.78, 5) is 32.3. The van der Waals surface area contributed by atoms with Crippen LogP contribution in [0.25, 0.3) is 10.9 Å². The van der Waals surface area contributed by atoms with Gasteiger partial charge in [-0.15, -0.1) is 0 Å². The Labute approximate surface area is 195 Å². The predicted octanol–water partition coefficient (Wildman–Crippen LogP) is 1.58. The van der Waals surface area contributed by atoms with Gasteiger partial charge in [0.1, 0.15) is 28.5 Å². The number of amidine groups is 1. The second kappa shape index (κ2) is 8.22. The number of ether oxygens (including phenoxy) is 2. The number of aromatic nitrogens is 1. The van der Waals surface area contributed by atoms with E-state index in [0.717, 1.165) is 5.39 Å². The maximum atomic E-state index is 13.2. The van der Waals surface area contributed by atoms with Crippen LogP contribution >= 0.6 is 0 Å². The molecule has 5 N–H and O–H groups in total. The molecule has 2 aliphatic heterocycles. The summed E-state index contributed by atoms with van der Waals surface area (Å²) in [5.41, 5.74) is 6.76. The van der Waals surface area contributed by atoms with Crippen LogP contribution < -0.4 is 26.4 Å². The quantitative estimate of drug-likeness (QED) is 0.233. The third-order valence-electron chi connectivity index (χ3n) is 6.29. The molecule has 0 bridgehead atoms. The van der Waals surface area contributed by atoms with Gasteiger partial charge in [0.15, 0.2) is 5.72 Å². The van der Waals surface area contributed by atoms with Crippen LogP contribution in [0.4, 0.5) is 0 Å². The van der Waals surface area contributed by atoms with Gasteiger partial charge >= 0.3 is 0 Å². The zero-order chi connectivity index (χ0) is 23.9. The Kier molecular flexibility index (Phi) is 5.20. The highest BCUT2D eigenvalue weighted by Crippen LogP contribution is 2.34. The number of benzene rings is 2. The molecule has 3 heterocycles. The molecular weight excluding hydrogens is 436 g/mol. The first-order chi connectivity index (χ1) is 16.4. The van der Waals surface area contributed by atoms with Crippen molar-refractivity contribution in [3.05, 3.63) is 65.4 Å². The van der Waals surface area contributed by atoms with Crippen molar-refractivity contribution in [1.82, 2.24) is 15.2 Å². The molecule has 2 aliphatic rings. The van der Waals surface area contributed by atoms with E-state index in [9.17, 15) is 9.59 Å². The van der Waals surface area contributed by atoms with Gasteiger partial charge in [0.25, 0.3) is 11.8 Å². The number of para-hydroxylation sites is 1. The first-order valence-corrected chi connectivity index (χ1v) is 10.9. The summed E-state index contributed by atoms with van der Waals surface area (Å²) in [6.45, 7) is 0.815. The van der Waals surface area contributed by atoms with E-state index < -0.39 is 5.72 Å². The highest BCUT2D eigenvalue weighted by Gasteiger charge is 2.43. The molecule has 0 unspecified atom stereocenters. The molecule has 3 aromatic rings. The molecule has 0 saturated carbocycles. The van der Waals surface area contributed by atoms with Gasteiger partial charge in [0.2, 0.25) is 0 Å². The van der Waals surface area contributed by atoms with Crippen molar-refractivity contribution in [2.75, 3.05) is 20.2 Å². The van der Waals surface area contributed by atoms with Gasteiger partial charge in [-0.05, 0) is 30.3 Å². The fourth-order valence-corrected chi connectivity index (χ4v) is 4.40. The highest BCUT2D eigenvalue weighted by atomic mass is 16.5. The Hall–Kier alpha value is -4.34. The molecule has 5 rings (SSSR count). The minimum absolute atomic E-state index is 0.127. The summed E-state index contributed by atoms with van der Waals surface area (Å²) in [7, 11) is 1.58. The number of hydrogen-bond donors (Lipinski definition) is 3. The fraction of sp³-hybridized carbons (Fsp3) is 0.250. The number of methoxy groups -OCH3 is 1. The summed E-state index contributed by atoms with van der Waals surface area (Å²) in [6, 6.07) is 14.2. The van der Waals surface area contributed by atoms with E-state index in [0.29, 0.717) is 59.8 Å². The van der Waals surface area contributed by atoms with Crippen molar-refractivity contribution in [2.24, 2.45) is 16.7 Å². The van der Waals surface area contributed by atoms with Crippen molar-refractivity contribution in [3.8, 4) is 11.5 Å². The first kappa shape index (κ1) is 21.5. The summed E-state index contributed by atoms with van der Waals surface area (Å²) < 4.78 is 11.6. The molecule has 2 amide bonds.